The van der Waals surface area contributed by atoms with Crippen molar-refractivity contribution in [2.75, 3.05) is 13.1 Å². The Kier molecular flexibility index (Phi) is 8.85. The quantitative estimate of drug-likeness (QED) is 0.556. The summed E-state index contributed by atoms with van der Waals surface area (Å²) in [6.07, 6.45) is 5.68. The van der Waals surface area contributed by atoms with E-state index in [4.69, 9.17) is 28.9 Å². The van der Waals surface area contributed by atoms with E-state index in [2.05, 4.69) is 19.2 Å². The summed E-state index contributed by atoms with van der Waals surface area (Å²) >= 11 is 11.8. The van der Waals surface area contributed by atoms with Gasteiger partial charge in [-0.2, -0.15) is 4.31 Å². The van der Waals surface area contributed by atoms with Crippen molar-refractivity contribution >= 4 is 39.3 Å². The van der Waals surface area contributed by atoms with Crippen molar-refractivity contribution in [2.24, 2.45) is 17.6 Å². The zero-order chi connectivity index (χ0) is 22.1. The number of benzene rings is 1. The summed E-state index contributed by atoms with van der Waals surface area (Å²) in [6, 6.07) is 3.25. The van der Waals surface area contributed by atoms with E-state index in [1.165, 1.54) is 41.8 Å². The van der Waals surface area contributed by atoms with E-state index in [0.29, 0.717) is 18.0 Å². The van der Waals surface area contributed by atoms with Crippen molar-refractivity contribution in [3.63, 3.8) is 0 Å². The molecule has 0 spiro atoms. The Morgan fingerprint density at radius 1 is 1.32 bits per heavy atom. The lowest BCUT2D eigenvalue weighted by atomic mass is 9.57. The SMILES string of the molecule is C.CCC1C[C@@H]2CC(C)=C12.NC(=O)NCC1CCCN1S(=O)(=O)c1ccc(Cl)cc1Cl. The van der Waals surface area contributed by atoms with Crippen molar-refractivity contribution < 1.29 is 13.2 Å². The van der Waals surface area contributed by atoms with Crippen molar-refractivity contribution in [1.29, 1.82) is 0 Å². The average Bonchev–Trinajstić information content (AvgIpc) is 3.13. The summed E-state index contributed by atoms with van der Waals surface area (Å²) in [4.78, 5) is 10.8. The van der Waals surface area contributed by atoms with Crippen LogP contribution in [0.25, 0.3) is 0 Å². The molecule has 2 fully saturated rings. The van der Waals surface area contributed by atoms with E-state index >= 15 is 0 Å². The highest BCUT2D eigenvalue weighted by molar-refractivity contribution is 7.89. The molecule has 174 valence electrons. The molecule has 3 aliphatic rings. The maximum absolute atomic E-state index is 12.7. The van der Waals surface area contributed by atoms with Gasteiger partial charge in [0.1, 0.15) is 4.90 Å². The number of urea groups is 1. The highest BCUT2D eigenvalue weighted by atomic mass is 35.5. The molecule has 6 nitrogen and oxygen atoms in total. The molecule has 4 rings (SSSR count). The molecule has 9 heteroatoms. The minimum Gasteiger partial charge on any atom is -0.352 e. The van der Waals surface area contributed by atoms with Crippen LogP contribution in [-0.2, 0) is 10.0 Å². The first-order valence-electron chi connectivity index (χ1n) is 10.3. The molecule has 1 aromatic rings. The zero-order valence-corrected chi connectivity index (χ0v) is 19.7. The lowest BCUT2D eigenvalue weighted by Crippen LogP contribution is -2.44. The summed E-state index contributed by atoms with van der Waals surface area (Å²) in [6.45, 7) is 5.17. The highest BCUT2D eigenvalue weighted by Gasteiger charge is 2.41. The Morgan fingerprint density at radius 3 is 2.55 bits per heavy atom. The van der Waals surface area contributed by atoms with Crippen LogP contribution in [0.15, 0.2) is 34.2 Å². The summed E-state index contributed by atoms with van der Waals surface area (Å²) in [7, 11) is -3.73. The number of nitrogens with zero attached hydrogens (tertiary/aromatic N) is 1. The van der Waals surface area contributed by atoms with Crippen LogP contribution >= 0.6 is 23.2 Å². The first kappa shape index (κ1) is 26.0. The van der Waals surface area contributed by atoms with Crippen LogP contribution in [0.5, 0.6) is 0 Å². The van der Waals surface area contributed by atoms with Gasteiger partial charge in [0.25, 0.3) is 0 Å². The summed E-state index contributed by atoms with van der Waals surface area (Å²) in [5, 5.41) is 2.89. The van der Waals surface area contributed by atoms with Gasteiger partial charge in [0.05, 0.1) is 5.02 Å². The first-order chi connectivity index (χ1) is 14.1. The molecule has 2 amide bonds. The minimum atomic E-state index is -3.73. The van der Waals surface area contributed by atoms with Gasteiger partial charge in [0, 0.05) is 24.2 Å². The number of carbonyl (C=O) groups is 1. The topological polar surface area (TPSA) is 92.5 Å². The lowest BCUT2D eigenvalue weighted by molar-refractivity contribution is 0.246. The number of allylic oxidation sites excluding steroid dienone is 2. The number of halogens is 2. The third kappa shape index (κ3) is 5.56. The van der Waals surface area contributed by atoms with Crippen molar-refractivity contribution in [1.82, 2.24) is 9.62 Å². The second kappa shape index (κ2) is 10.6. The Hall–Kier alpha value is -1.28. The molecule has 3 atom stereocenters. The minimum absolute atomic E-state index is 0. The monoisotopic (exact) mass is 489 g/mol. The zero-order valence-electron chi connectivity index (χ0n) is 17.3. The van der Waals surface area contributed by atoms with Crippen LogP contribution in [0.4, 0.5) is 4.79 Å². The predicted octanol–water partition coefficient (Wildman–Crippen LogP) is 5.20. The van der Waals surface area contributed by atoms with Gasteiger partial charge in [0.15, 0.2) is 0 Å². The molecular formula is C22H33Cl2N3O3S. The number of hydrogen-bond donors (Lipinski definition) is 2. The van der Waals surface area contributed by atoms with Crippen molar-refractivity contribution in [2.45, 2.75) is 64.3 Å². The van der Waals surface area contributed by atoms with Gasteiger partial charge in [-0.05, 0) is 69.1 Å². The number of rotatable bonds is 5. The number of sulfonamides is 1. The molecule has 1 heterocycles. The number of fused-ring (bicyclic) bond motifs is 1. The van der Waals surface area contributed by atoms with Gasteiger partial charge in [-0.25, -0.2) is 13.2 Å². The summed E-state index contributed by atoms with van der Waals surface area (Å²) in [5.74, 6) is 2.05. The Labute approximate surface area is 196 Å². The number of hydrogen-bond acceptors (Lipinski definition) is 3. The molecular weight excluding hydrogens is 457 g/mol. The molecule has 0 bridgehead atoms. The molecule has 2 unspecified atom stereocenters. The van der Waals surface area contributed by atoms with Gasteiger partial charge in [-0.1, -0.05) is 48.7 Å². The molecule has 31 heavy (non-hydrogen) atoms. The highest BCUT2D eigenvalue weighted by Crippen LogP contribution is 2.54. The van der Waals surface area contributed by atoms with Crippen LogP contribution in [0.2, 0.25) is 10.0 Å². The van der Waals surface area contributed by atoms with Crippen LogP contribution in [0.1, 0.15) is 53.4 Å². The fourth-order valence-electron chi connectivity index (χ4n) is 4.76. The van der Waals surface area contributed by atoms with Gasteiger partial charge in [0.2, 0.25) is 10.0 Å². The summed E-state index contributed by atoms with van der Waals surface area (Å²) in [5.41, 5.74) is 8.56. The molecule has 0 aromatic heterocycles. The molecule has 1 aromatic carbocycles. The van der Waals surface area contributed by atoms with E-state index < -0.39 is 16.1 Å². The van der Waals surface area contributed by atoms with Crippen LogP contribution in [-0.4, -0.2) is 37.9 Å². The number of nitrogens with one attached hydrogen (secondary N) is 1. The van der Waals surface area contributed by atoms with Crippen LogP contribution in [0, 0.1) is 11.8 Å². The second-order valence-electron chi connectivity index (χ2n) is 8.21. The lowest BCUT2D eigenvalue weighted by Gasteiger charge is -2.48. The molecule has 1 saturated heterocycles. The molecule has 2 aliphatic carbocycles. The smallest absolute Gasteiger partial charge is 0.312 e. The maximum atomic E-state index is 12.7. The van der Waals surface area contributed by atoms with E-state index in [1.54, 1.807) is 5.57 Å². The predicted molar refractivity (Wildman–Crippen MR) is 127 cm³/mol. The van der Waals surface area contributed by atoms with Crippen molar-refractivity contribution in [3.05, 3.63) is 39.4 Å². The second-order valence-corrected chi connectivity index (χ2v) is 10.9. The van der Waals surface area contributed by atoms with Gasteiger partial charge in [-0.15, -0.1) is 0 Å². The van der Waals surface area contributed by atoms with E-state index in [1.807, 2.05) is 5.57 Å². The van der Waals surface area contributed by atoms with E-state index in [9.17, 15) is 13.2 Å². The first-order valence-corrected chi connectivity index (χ1v) is 12.5. The van der Waals surface area contributed by atoms with Crippen LogP contribution in [0.3, 0.4) is 0 Å². The van der Waals surface area contributed by atoms with Crippen LogP contribution < -0.4 is 11.1 Å². The van der Waals surface area contributed by atoms with Gasteiger partial charge in [-0.3, -0.25) is 0 Å². The van der Waals surface area contributed by atoms with Gasteiger partial charge >= 0.3 is 6.03 Å². The average molecular weight is 490 g/mol. The largest absolute Gasteiger partial charge is 0.352 e. The number of primary amides is 1. The Bertz CT molecular complexity index is 949. The molecule has 3 N–H and O–H groups in total. The van der Waals surface area contributed by atoms with Gasteiger partial charge < -0.3 is 11.1 Å². The Morgan fingerprint density at radius 2 is 2.03 bits per heavy atom. The third-order valence-corrected chi connectivity index (χ3v) is 8.97. The van der Waals surface area contributed by atoms with Crippen molar-refractivity contribution in [3.8, 4) is 0 Å². The number of nitrogens with two attached hydrogens (primary N) is 1. The molecule has 1 aliphatic heterocycles. The van der Waals surface area contributed by atoms with E-state index in [-0.39, 0.29) is 29.9 Å². The molecule has 0 radical (unpaired) electrons. The maximum Gasteiger partial charge on any atom is 0.312 e. The Balaban J connectivity index is 0.000000283. The summed E-state index contributed by atoms with van der Waals surface area (Å²) < 4.78 is 26.7. The van der Waals surface area contributed by atoms with E-state index in [0.717, 1.165) is 18.3 Å². The molecule has 1 saturated carbocycles. The normalized spacial score (nSPS) is 24.7. The fraction of sp³-hybridized carbons (Fsp3) is 0.591. The third-order valence-electron chi connectivity index (χ3n) is 6.30. The fourth-order valence-corrected chi connectivity index (χ4v) is 7.20. The number of carbonyl (C=O) groups excluding carboxylic acids is 1. The standard InChI is InChI=1S/C12H15Cl2N3O3S.C9H14.CH4/c13-8-3-4-11(10(14)6-8)21(19,20)17-5-1-2-9(17)7-16-12(15)18;1-3-7-5-8-4-6(2)9(7)8;/h3-4,6,9H,1-2,5,7H2,(H3,15,16,18);7-8H,3-5H2,1-2H3;1H4/t;7?,8-;/m.0./s1. The number of amides is 2.